The number of hydrogen-bond donors (Lipinski definition) is 0. The molecule has 0 radical (unpaired) electrons. The zero-order valence-corrected chi connectivity index (χ0v) is 11.4. The summed E-state index contributed by atoms with van der Waals surface area (Å²) in [7, 11) is 0. The predicted molar refractivity (Wildman–Crippen MR) is 65.4 cm³/mol. The topological polar surface area (TPSA) is 9.23 Å². The van der Waals surface area contributed by atoms with Crippen molar-refractivity contribution in [1.82, 2.24) is 0 Å². The van der Waals surface area contributed by atoms with Crippen LogP contribution in [0.5, 0.6) is 0 Å². The van der Waals surface area contributed by atoms with Crippen LogP contribution in [0.1, 0.15) is 0 Å². The van der Waals surface area contributed by atoms with Crippen molar-refractivity contribution < 1.29 is 30.0 Å². The van der Waals surface area contributed by atoms with Gasteiger partial charge in [0.05, 0.1) is 24.1 Å². The second-order valence-corrected chi connectivity index (χ2v) is 5.33. The third-order valence-electron chi connectivity index (χ3n) is 2.16. The first-order valence-corrected chi connectivity index (χ1v) is 6.67. The Bertz CT molecular complexity index is 575. The largest absolute Gasteiger partial charge is 0.237 e. The third-order valence-corrected chi connectivity index (χ3v) is 3.82. The smallest absolute Gasteiger partial charge is 0.145 e. The molecule has 2 aromatic rings. The molecule has 0 unspecified atom stereocenters. The molecule has 9 heteroatoms. The lowest BCUT2D eigenvalue weighted by Gasteiger charge is -2.06. The van der Waals surface area contributed by atoms with E-state index in [1.807, 2.05) is 0 Å². The van der Waals surface area contributed by atoms with Gasteiger partial charge >= 0.3 is 0 Å². The van der Waals surface area contributed by atoms with Gasteiger partial charge in [-0.25, -0.2) is 30.0 Å². The van der Waals surface area contributed by atoms with Crippen molar-refractivity contribution in [2.45, 2.75) is 9.79 Å². The fourth-order valence-electron chi connectivity index (χ4n) is 1.30. The van der Waals surface area contributed by atoms with Gasteiger partial charge in [-0.1, -0.05) is 0 Å². The van der Waals surface area contributed by atoms with Gasteiger partial charge < -0.3 is 0 Å². The summed E-state index contributed by atoms with van der Waals surface area (Å²) in [5.74, 6) is -7.12. The van der Waals surface area contributed by atoms with E-state index in [9.17, 15) is 26.3 Å². The molecule has 0 saturated heterocycles. The first-order chi connectivity index (χ1) is 9.88. The van der Waals surface area contributed by atoms with Crippen molar-refractivity contribution >= 4 is 24.1 Å². The van der Waals surface area contributed by atoms with Crippen LogP contribution in [0, 0.1) is 34.9 Å². The second kappa shape index (κ2) is 6.63. The quantitative estimate of drug-likeness (QED) is 0.555. The second-order valence-electron chi connectivity index (χ2n) is 3.63. The van der Waals surface area contributed by atoms with Gasteiger partial charge in [0, 0.05) is 24.3 Å². The Hall–Kier alpha value is -1.32. The van der Waals surface area contributed by atoms with Crippen molar-refractivity contribution in [2.24, 2.45) is 0 Å². The monoisotopic (exact) mass is 342 g/mol. The van der Waals surface area contributed by atoms with Gasteiger partial charge in [-0.05, 0) is 0 Å². The molecule has 2 rings (SSSR count). The minimum absolute atomic E-state index is 0.118. The standard InChI is InChI=1S/C12H4F6OS2/c13-5-1-7(15)11(8(16)2-5)20-19-21-12-9(17)3-6(14)4-10(12)18/h1-4H. The molecule has 0 heterocycles. The highest BCUT2D eigenvalue weighted by atomic mass is 32.2. The molecule has 0 bridgehead atoms. The maximum atomic E-state index is 13.3. The summed E-state index contributed by atoms with van der Waals surface area (Å²) in [5, 5.41) is 0. The molecule has 21 heavy (non-hydrogen) atoms. The average Bonchev–Trinajstić information content (AvgIpc) is 2.34. The number of benzene rings is 2. The van der Waals surface area contributed by atoms with E-state index >= 15 is 0 Å². The molecule has 112 valence electrons. The van der Waals surface area contributed by atoms with E-state index in [0.29, 0.717) is 24.3 Å². The fraction of sp³-hybridized carbons (Fsp3) is 0. The van der Waals surface area contributed by atoms with Crippen molar-refractivity contribution in [3.8, 4) is 0 Å². The molecule has 0 aliphatic rings. The van der Waals surface area contributed by atoms with E-state index in [4.69, 9.17) is 0 Å². The van der Waals surface area contributed by atoms with Crippen LogP contribution in [0.15, 0.2) is 34.1 Å². The molecule has 0 aliphatic carbocycles. The summed E-state index contributed by atoms with van der Waals surface area (Å²) in [6.07, 6.45) is 0. The Labute approximate surface area is 123 Å². The summed E-state index contributed by atoms with van der Waals surface area (Å²) in [6.45, 7) is 0. The molecule has 0 aromatic heterocycles. The highest BCUT2D eigenvalue weighted by Gasteiger charge is 2.16. The molecule has 0 amide bonds. The lowest BCUT2D eigenvalue weighted by molar-refractivity contribution is 0.504. The zero-order valence-electron chi connectivity index (χ0n) is 9.80. The van der Waals surface area contributed by atoms with Crippen LogP contribution in [0.4, 0.5) is 26.3 Å². The number of rotatable bonds is 4. The third kappa shape index (κ3) is 3.86. The number of halogens is 6. The molecule has 0 fully saturated rings. The summed E-state index contributed by atoms with van der Waals surface area (Å²) < 4.78 is 83.0. The molecule has 0 atom stereocenters. The highest BCUT2D eigenvalue weighted by molar-refractivity contribution is 8.07. The average molecular weight is 342 g/mol. The minimum Gasteiger partial charge on any atom is -0.237 e. The van der Waals surface area contributed by atoms with E-state index in [-0.39, 0.29) is 24.1 Å². The molecule has 0 saturated carbocycles. The van der Waals surface area contributed by atoms with Gasteiger partial charge in [0.15, 0.2) is 0 Å². The Balaban J connectivity index is 2.09. The van der Waals surface area contributed by atoms with Crippen molar-refractivity contribution in [3.63, 3.8) is 0 Å². The van der Waals surface area contributed by atoms with E-state index in [0.717, 1.165) is 0 Å². The molecule has 0 aliphatic heterocycles. The van der Waals surface area contributed by atoms with Crippen LogP contribution in [-0.2, 0) is 3.63 Å². The summed E-state index contributed by atoms with van der Waals surface area (Å²) >= 11 is 0.236. The lowest BCUT2D eigenvalue weighted by atomic mass is 10.3. The Morgan fingerprint density at radius 3 is 1.14 bits per heavy atom. The van der Waals surface area contributed by atoms with Crippen molar-refractivity contribution in [2.75, 3.05) is 0 Å². The van der Waals surface area contributed by atoms with Gasteiger partial charge in [0.1, 0.15) is 44.7 Å². The van der Waals surface area contributed by atoms with E-state index < -0.39 is 44.7 Å². The summed E-state index contributed by atoms with van der Waals surface area (Å²) in [6, 6.07) is 1.72. The molecule has 2 aromatic carbocycles. The van der Waals surface area contributed by atoms with E-state index in [1.54, 1.807) is 0 Å². The van der Waals surface area contributed by atoms with E-state index in [1.165, 1.54) is 0 Å². The predicted octanol–water partition coefficient (Wildman–Crippen LogP) is 5.25. The zero-order chi connectivity index (χ0) is 15.6. The first-order valence-electron chi connectivity index (χ1n) is 5.18. The summed E-state index contributed by atoms with van der Waals surface area (Å²) in [4.78, 5) is -1.35. The SMILES string of the molecule is Fc1cc(F)c(SOSc2c(F)cc(F)cc2F)c(F)c1. The van der Waals surface area contributed by atoms with Gasteiger partial charge in [-0.3, -0.25) is 0 Å². The highest BCUT2D eigenvalue weighted by Crippen LogP contribution is 2.35. The number of hydrogen-bond acceptors (Lipinski definition) is 3. The Morgan fingerprint density at radius 1 is 0.571 bits per heavy atom. The van der Waals surface area contributed by atoms with Gasteiger partial charge in [0.25, 0.3) is 0 Å². The van der Waals surface area contributed by atoms with Crippen LogP contribution in [0.2, 0.25) is 0 Å². The van der Waals surface area contributed by atoms with Gasteiger partial charge in [0.2, 0.25) is 0 Å². The van der Waals surface area contributed by atoms with Crippen LogP contribution in [0.3, 0.4) is 0 Å². The molecule has 1 nitrogen and oxygen atoms in total. The molecule has 0 N–H and O–H groups in total. The van der Waals surface area contributed by atoms with Crippen LogP contribution < -0.4 is 0 Å². The minimum atomic E-state index is -1.22. The molecular formula is C12H4F6OS2. The molecular weight excluding hydrogens is 338 g/mol. The van der Waals surface area contributed by atoms with Crippen LogP contribution >= 0.6 is 24.1 Å². The Morgan fingerprint density at radius 2 is 0.857 bits per heavy atom. The van der Waals surface area contributed by atoms with E-state index in [2.05, 4.69) is 3.63 Å². The van der Waals surface area contributed by atoms with Crippen LogP contribution in [-0.4, -0.2) is 0 Å². The first kappa shape index (κ1) is 16.1. The Kier molecular flexibility index (Phi) is 5.07. The lowest BCUT2D eigenvalue weighted by Crippen LogP contribution is -1.92. The van der Waals surface area contributed by atoms with Crippen LogP contribution in [0.25, 0.3) is 0 Å². The normalized spacial score (nSPS) is 11.0. The molecule has 0 spiro atoms. The van der Waals surface area contributed by atoms with Gasteiger partial charge in [-0.15, -0.1) is 0 Å². The van der Waals surface area contributed by atoms with Crippen molar-refractivity contribution in [1.29, 1.82) is 0 Å². The maximum Gasteiger partial charge on any atom is 0.145 e. The van der Waals surface area contributed by atoms with Crippen molar-refractivity contribution in [3.05, 3.63) is 59.2 Å². The maximum absolute atomic E-state index is 13.3. The summed E-state index contributed by atoms with van der Waals surface area (Å²) in [5.41, 5.74) is 0. The van der Waals surface area contributed by atoms with Gasteiger partial charge in [-0.2, -0.15) is 0 Å². The fourth-order valence-corrected chi connectivity index (χ4v) is 2.54.